The summed E-state index contributed by atoms with van der Waals surface area (Å²) in [5, 5.41) is 18.6. The van der Waals surface area contributed by atoms with Gasteiger partial charge in [-0.05, 0) is 25.3 Å². The fourth-order valence-corrected chi connectivity index (χ4v) is 1.00. The largest absolute Gasteiger partial charge is 0.390 e. The van der Waals surface area contributed by atoms with Crippen LogP contribution in [0.15, 0.2) is 0 Å². The van der Waals surface area contributed by atoms with Gasteiger partial charge in [-0.25, -0.2) is 0 Å². The highest BCUT2D eigenvalue weighted by molar-refractivity contribution is 4.68. The molecule has 3 nitrogen and oxygen atoms in total. The van der Waals surface area contributed by atoms with Crippen molar-refractivity contribution in [3.63, 3.8) is 0 Å². The third-order valence-corrected chi connectivity index (χ3v) is 1.62. The zero-order valence-corrected chi connectivity index (χ0v) is 7.33. The molecule has 4 N–H and O–H groups in total. The first-order valence-electron chi connectivity index (χ1n) is 4.14. The molecule has 0 saturated carbocycles. The highest BCUT2D eigenvalue weighted by Gasteiger charge is 2.15. The fourth-order valence-electron chi connectivity index (χ4n) is 1.00. The van der Waals surface area contributed by atoms with Crippen LogP contribution in [0.5, 0.6) is 0 Å². The summed E-state index contributed by atoms with van der Waals surface area (Å²) in [6.45, 7) is 4.45. The van der Waals surface area contributed by atoms with Gasteiger partial charge < -0.3 is 15.9 Å². The Morgan fingerprint density at radius 3 is 2.09 bits per heavy atom. The summed E-state index contributed by atoms with van der Waals surface area (Å²) in [7, 11) is 0. The Bertz CT molecular complexity index is 96.1. The maximum Gasteiger partial charge on any atom is 0.0811 e. The fraction of sp³-hybridized carbons (Fsp3) is 1.00. The van der Waals surface area contributed by atoms with Crippen LogP contribution >= 0.6 is 0 Å². The molecule has 0 aliphatic heterocycles. The average molecular weight is 161 g/mol. The lowest BCUT2D eigenvalue weighted by Crippen LogP contribution is -2.29. The molecule has 11 heavy (non-hydrogen) atoms. The highest BCUT2D eigenvalue weighted by Crippen LogP contribution is 2.09. The molecule has 0 aliphatic carbocycles. The number of rotatable bonds is 5. The van der Waals surface area contributed by atoms with Crippen LogP contribution in [0, 0.1) is 5.92 Å². The normalized spacial score (nSPS) is 16.9. The molecule has 0 aromatic rings. The summed E-state index contributed by atoms with van der Waals surface area (Å²) in [5.41, 5.74) is 5.23. The lowest BCUT2D eigenvalue weighted by molar-refractivity contribution is 0.00456. The van der Waals surface area contributed by atoms with Gasteiger partial charge in [0.05, 0.1) is 12.2 Å². The SMILES string of the molecule is CC(C)C[C@@H](O)C(O)CCN. The smallest absolute Gasteiger partial charge is 0.0811 e. The first-order valence-corrected chi connectivity index (χ1v) is 4.14. The molecule has 0 saturated heterocycles. The summed E-state index contributed by atoms with van der Waals surface area (Å²) in [6, 6.07) is 0. The van der Waals surface area contributed by atoms with Crippen molar-refractivity contribution in [3.8, 4) is 0 Å². The summed E-state index contributed by atoms with van der Waals surface area (Å²) < 4.78 is 0. The quantitative estimate of drug-likeness (QED) is 0.536. The van der Waals surface area contributed by atoms with Crippen molar-refractivity contribution in [3.05, 3.63) is 0 Å². The molecule has 0 spiro atoms. The standard InChI is InChI=1S/C8H19NO2/c1-6(2)5-8(11)7(10)3-4-9/h6-8,10-11H,3-5,9H2,1-2H3/t7?,8-/m1/s1. The van der Waals surface area contributed by atoms with Gasteiger partial charge in [0, 0.05) is 0 Å². The number of hydrogen-bond donors (Lipinski definition) is 3. The minimum absolute atomic E-state index is 0.414. The van der Waals surface area contributed by atoms with Gasteiger partial charge in [0.2, 0.25) is 0 Å². The van der Waals surface area contributed by atoms with Crippen LogP contribution in [0.2, 0.25) is 0 Å². The molecule has 0 aromatic heterocycles. The van der Waals surface area contributed by atoms with Crippen LogP contribution in [0.3, 0.4) is 0 Å². The van der Waals surface area contributed by atoms with Gasteiger partial charge >= 0.3 is 0 Å². The van der Waals surface area contributed by atoms with E-state index in [-0.39, 0.29) is 0 Å². The maximum absolute atomic E-state index is 9.31. The van der Waals surface area contributed by atoms with Gasteiger partial charge in [-0.15, -0.1) is 0 Å². The molecule has 0 aromatic carbocycles. The van der Waals surface area contributed by atoms with Gasteiger partial charge in [0.15, 0.2) is 0 Å². The Labute approximate surface area is 68.2 Å². The Morgan fingerprint density at radius 1 is 1.18 bits per heavy atom. The molecule has 3 heteroatoms. The van der Waals surface area contributed by atoms with Gasteiger partial charge in [0.25, 0.3) is 0 Å². The van der Waals surface area contributed by atoms with E-state index in [1.807, 2.05) is 13.8 Å². The topological polar surface area (TPSA) is 66.5 Å². The monoisotopic (exact) mass is 161 g/mol. The molecule has 0 amide bonds. The first-order chi connectivity index (χ1) is 5.07. The lowest BCUT2D eigenvalue weighted by atomic mass is 10.0. The minimum atomic E-state index is -0.651. The molecule has 68 valence electrons. The second-order valence-electron chi connectivity index (χ2n) is 3.34. The van der Waals surface area contributed by atoms with E-state index in [2.05, 4.69) is 0 Å². The summed E-state index contributed by atoms with van der Waals surface area (Å²) in [6.07, 6.45) is -0.143. The third-order valence-electron chi connectivity index (χ3n) is 1.62. The van der Waals surface area contributed by atoms with Gasteiger partial charge in [0.1, 0.15) is 0 Å². The van der Waals surface area contributed by atoms with Crippen molar-refractivity contribution in [2.45, 2.75) is 38.9 Å². The second-order valence-corrected chi connectivity index (χ2v) is 3.34. The molecular formula is C8H19NO2. The predicted octanol–water partition coefficient (Wildman–Crippen LogP) is 0.103. The Morgan fingerprint density at radius 2 is 1.73 bits per heavy atom. The lowest BCUT2D eigenvalue weighted by Gasteiger charge is -2.18. The minimum Gasteiger partial charge on any atom is -0.390 e. The second kappa shape index (κ2) is 5.52. The zero-order valence-electron chi connectivity index (χ0n) is 7.33. The number of aliphatic hydroxyl groups is 2. The molecule has 0 fully saturated rings. The van der Waals surface area contributed by atoms with Crippen LogP contribution < -0.4 is 5.73 Å². The summed E-state index contributed by atoms with van der Waals surface area (Å²) in [4.78, 5) is 0. The summed E-state index contributed by atoms with van der Waals surface area (Å²) >= 11 is 0. The maximum atomic E-state index is 9.31. The summed E-state index contributed by atoms with van der Waals surface area (Å²) in [5.74, 6) is 0.414. The molecule has 0 radical (unpaired) electrons. The molecule has 0 rings (SSSR count). The van der Waals surface area contributed by atoms with Crippen LogP contribution in [0.25, 0.3) is 0 Å². The van der Waals surface area contributed by atoms with E-state index in [4.69, 9.17) is 5.73 Å². The highest BCUT2D eigenvalue weighted by atomic mass is 16.3. The number of nitrogens with two attached hydrogens (primary N) is 1. The Balaban J connectivity index is 3.54. The average Bonchev–Trinajstić information content (AvgIpc) is 1.86. The van der Waals surface area contributed by atoms with Crippen LogP contribution in [-0.4, -0.2) is 29.0 Å². The van der Waals surface area contributed by atoms with E-state index in [0.717, 1.165) is 0 Å². The first kappa shape index (κ1) is 10.9. The van der Waals surface area contributed by atoms with E-state index in [1.54, 1.807) is 0 Å². The zero-order chi connectivity index (χ0) is 8.85. The van der Waals surface area contributed by atoms with Crippen molar-refractivity contribution in [2.24, 2.45) is 11.7 Å². The number of aliphatic hydroxyl groups excluding tert-OH is 2. The third kappa shape index (κ3) is 5.18. The van der Waals surface area contributed by atoms with E-state index >= 15 is 0 Å². The van der Waals surface area contributed by atoms with E-state index < -0.39 is 12.2 Å². The van der Waals surface area contributed by atoms with Crippen LogP contribution in [0.1, 0.15) is 26.7 Å². The molecule has 0 heterocycles. The van der Waals surface area contributed by atoms with Gasteiger partial charge in [-0.3, -0.25) is 0 Å². The van der Waals surface area contributed by atoms with Crippen molar-refractivity contribution in [1.29, 1.82) is 0 Å². The van der Waals surface area contributed by atoms with E-state index in [0.29, 0.717) is 25.3 Å². The van der Waals surface area contributed by atoms with Crippen molar-refractivity contribution in [1.82, 2.24) is 0 Å². The Hall–Kier alpha value is -0.120. The van der Waals surface area contributed by atoms with Gasteiger partial charge in [-0.2, -0.15) is 0 Å². The van der Waals surface area contributed by atoms with E-state index in [1.165, 1.54) is 0 Å². The molecule has 2 atom stereocenters. The molecular weight excluding hydrogens is 142 g/mol. The number of hydrogen-bond acceptors (Lipinski definition) is 3. The van der Waals surface area contributed by atoms with Crippen LogP contribution in [-0.2, 0) is 0 Å². The Kier molecular flexibility index (Phi) is 5.46. The predicted molar refractivity (Wildman–Crippen MR) is 45.1 cm³/mol. The van der Waals surface area contributed by atoms with Crippen molar-refractivity contribution < 1.29 is 10.2 Å². The molecule has 0 bridgehead atoms. The van der Waals surface area contributed by atoms with Crippen molar-refractivity contribution in [2.75, 3.05) is 6.54 Å². The molecule has 0 aliphatic rings. The van der Waals surface area contributed by atoms with Gasteiger partial charge in [-0.1, -0.05) is 13.8 Å². The molecule has 1 unspecified atom stereocenters. The van der Waals surface area contributed by atoms with E-state index in [9.17, 15) is 10.2 Å². The van der Waals surface area contributed by atoms with Crippen molar-refractivity contribution >= 4 is 0 Å². The van der Waals surface area contributed by atoms with Crippen LogP contribution in [0.4, 0.5) is 0 Å².